The van der Waals surface area contributed by atoms with Crippen molar-refractivity contribution in [3.8, 4) is 0 Å². The third kappa shape index (κ3) is 2.56. The van der Waals surface area contributed by atoms with Crippen LogP contribution in [0.4, 0.5) is 0 Å². The highest BCUT2D eigenvalue weighted by molar-refractivity contribution is 6.31. The minimum Gasteiger partial charge on any atom is -0.309 e. The lowest BCUT2D eigenvalue weighted by atomic mass is 9.92. The van der Waals surface area contributed by atoms with Crippen molar-refractivity contribution in [2.75, 3.05) is 19.6 Å². The molecule has 1 atom stereocenters. The van der Waals surface area contributed by atoms with Crippen LogP contribution in [0.25, 0.3) is 0 Å². The first-order valence-corrected chi connectivity index (χ1v) is 7.26. The normalized spacial score (nSPS) is 29.4. The number of halogens is 1. The number of hydrogen-bond acceptors (Lipinski definition) is 2. The Hall–Kier alpha value is -0.570. The Morgan fingerprint density at radius 1 is 1.39 bits per heavy atom. The molecule has 2 nitrogen and oxygen atoms in total. The van der Waals surface area contributed by atoms with Gasteiger partial charge in [-0.1, -0.05) is 29.8 Å². The molecule has 1 saturated heterocycles. The fraction of sp³-hybridized carbons (Fsp3) is 0.600. The van der Waals surface area contributed by atoms with Gasteiger partial charge in [0.2, 0.25) is 0 Å². The Labute approximate surface area is 114 Å². The van der Waals surface area contributed by atoms with E-state index in [-0.39, 0.29) is 0 Å². The number of nitrogens with zero attached hydrogens (tertiary/aromatic N) is 1. The average Bonchev–Trinajstić information content (AvgIpc) is 3.17. The number of rotatable bonds is 3. The second kappa shape index (κ2) is 4.84. The Morgan fingerprint density at radius 3 is 2.89 bits per heavy atom. The number of nitrogens with one attached hydrogen (secondary N) is 1. The summed E-state index contributed by atoms with van der Waals surface area (Å²) in [6.45, 7) is 6.71. The van der Waals surface area contributed by atoms with E-state index in [1.165, 1.54) is 18.4 Å². The second-order valence-electron chi connectivity index (χ2n) is 5.92. The lowest BCUT2D eigenvalue weighted by Crippen LogP contribution is -2.59. The van der Waals surface area contributed by atoms with Crippen LogP contribution < -0.4 is 5.32 Å². The molecule has 0 radical (unpaired) electrons. The van der Waals surface area contributed by atoms with E-state index in [0.29, 0.717) is 5.54 Å². The molecule has 3 rings (SSSR count). The third-order valence-corrected chi connectivity index (χ3v) is 4.71. The van der Waals surface area contributed by atoms with Crippen molar-refractivity contribution < 1.29 is 0 Å². The van der Waals surface area contributed by atoms with Crippen molar-refractivity contribution in [1.29, 1.82) is 0 Å². The Balaban J connectivity index is 1.68. The van der Waals surface area contributed by atoms with Gasteiger partial charge in [-0.3, -0.25) is 4.90 Å². The van der Waals surface area contributed by atoms with E-state index >= 15 is 0 Å². The molecule has 3 heteroatoms. The van der Waals surface area contributed by atoms with Crippen molar-refractivity contribution in [3.63, 3.8) is 0 Å². The van der Waals surface area contributed by atoms with Gasteiger partial charge in [-0.05, 0) is 37.3 Å². The number of hydrogen-bond donors (Lipinski definition) is 1. The largest absolute Gasteiger partial charge is 0.309 e. The first kappa shape index (κ1) is 12.5. The van der Waals surface area contributed by atoms with Crippen LogP contribution in [0, 0.1) is 5.92 Å². The van der Waals surface area contributed by atoms with Crippen molar-refractivity contribution in [2.45, 2.75) is 31.8 Å². The summed E-state index contributed by atoms with van der Waals surface area (Å²) in [6.07, 6.45) is 2.78. The zero-order valence-corrected chi connectivity index (χ0v) is 11.7. The van der Waals surface area contributed by atoms with E-state index in [1.54, 1.807) is 0 Å². The van der Waals surface area contributed by atoms with Crippen molar-refractivity contribution in [2.24, 2.45) is 5.92 Å². The van der Waals surface area contributed by atoms with Crippen molar-refractivity contribution in [1.82, 2.24) is 10.2 Å². The summed E-state index contributed by atoms with van der Waals surface area (Å²) >= 11 is 6.25. The molecule has 1 unspecified atom stereocenters. The maximum atomic E-state index is 6.25. The predicted octanol–water partition coefficient (Wildman–Crippen LogP) is 2.91. The molecule has 1 aromatic carbocycles. The molecule has 1 aliphatic carbocycles. The highest BCUT2D eigenvalue weighted by Crippen LogP contribution is 2.40. The zero-order chi connectivity index (χ0) is 12.6. The van der Waals surface area contributed by atoms with Crippen LogP contribution in [0.5, 0.6) is 0 Å². The van der Waals surface area contributed by atoms with E-state index in [4.69, 9.17) is 11.6 Å². The molecule has 1 saturated carbocycles. The summed E-state index contributed by atoms with van der Waals surface area (Å²) in [7, 11) is 0. The minimum absolute atomic E-state index is 0.319. The average molecular weight is 265 g/mol. The molecule has 1 aromatic rings. The standard InChI is InChI=1S/C15H21ClN2/c1-15(13-6-7-13)11-18(9-8-17-15)10-12-4-2-3-5-14(12)16/h2-5,13,17H,6-11H2,1H3. The van der Waals surface area contributed by atoms with Gasteiger partial charge in [0.1, 0.15) is 0 Å². The van der Waals surface area contributed by atoms with Crippen LogP contribution in [0.2, 0.25) is 5.02 Å². The lowest BCUT2D eigenvalue weighted by molar-refractivity contribution is 0.121. The van der Waals surface area contributed by atoms with Gasteiger partial charge < -0.3 is 5.32 Å². The van der Waals surface area contributed by atoms with E-state index in [0.717, 1.165) is 37.1 Å². The third-order valence-electron chi connectivity index (χ3n) is 4.34. The molecule has 98 valence electrons. The van der Waals surface area contributed by atoms with Gasteiger partial charge in [-0.15, -0.1) is 0 Å². The summed E-state index contributed by atoms with van der Waals surface area (Å²) in [5.41, 5.74) is 1.57. The smallest absolute Gasteiger partial charge is 0.0451 e. The minimum atomic E-state index is 0.319. The molecule has 2 aliphatic rings. The highest BCUT2D eigenvalue weighted by atomic mass is 35.5. The maximum Gasteiger partial charge on any atom is 0.0451 e. The van der Waals surface area contributed by atoms with E-state index in [9.17, 15) is 0 Å². The molecule has 0 amide bonds. The molecular formula is C15H21ClN2. The van der Waals surface area contributed by atoms with Crippen LogP contribution in [-0.4, -0.2) is 30.1 Å². The quantitative estimate of drug-likeness (QED) is 0.903. The van der Waals surface area contributed by atoms with Gasteiger partial charge in [0, 0.05) is 36.7 Å². The van der Waals surface area contributed by atoms with E-state index in [1.807, 2.05) is 12.1 Å². The molecule has 18 heavy (non-hydrogen) atoms. The van der Waals surface area contributed by atoms with Crippen LogP contribution in [0.1, 0.15) is 25.3 Å². The number of piperazine rings is 1. The fourth-order valence-electron chi connectivity index (χ4n) is 3.10. The van der Waals surface area contributed by atoms with Gasteiger partial charge in [0.25, 0.3) is 0 Å². The summed E-state index contributed by atoms with van der Waals surface area (Å²) in [6, 6.07) is 8.19. The van der Waals surface area contributed by atoms with Gasteiger partial charge >= 0.3 is 0 Å². The Bertz CT molecular complexity index is 430. The van der Waals surface area contributed by atoms with Gasteiger partial charge in [-0.25, -0.2) is 0 Å². The first-order valence-electron chi connectivity index (χ1n) is 6.88. The highest BCUT2D eigenvalue weighted by Gasteiger charge is 2.43. The summed E-state index contributed by atoms with van der Waals surface area (Å²) in [4.78, 5) is 2.54. The molecule has 2 fully saturated rings. The summed E-state index contributed by atoms with van der Waals surface area (Å²) < 4.78 is 0. The fourth-order valence-corrected chi connectivity index (χ4v) is 3.29. The second-order valence-corrected chi connectivity index (χ2v) is 6.33. The molecule has 1 heterocycles. The summed E-state index contributed by atoms with van der Waals surface area (Å²) in [5.74, 6) is 0.881. The van der Waals surface area contributed by atoms with Crippen molar-refractivity contribution >= 4 is 11.6 Å². The molecule has 1 aliphatic heterocycles. The van der Waals surface area contributed by atoms with Gasteiger partial charge in [0.05, 0.1) is 0 Å². The van der Waals surface area contributed by atoms with Crippen LogP contribution >= 0.6 is 11.6 Å². The molecule has 1 N–H and O–H groups in total. The molecule has 0 aromatic heterocycles. The van der Waals surface area contributed by atoms with Crippen molar-refractivity contribution in [3.05, 3.63) is 34.9 Å². The van der Waals surface area contributed by atoms with Crippen LogP contribution in [0.3, 0.4) is 0 Å². The Kier molecular flexibility index (Phi) is 3.35. The predicted molar refractivity (Wildman–Crippen MR) is 75.9 cm³/mol. The summed E-state index contributed by atoms with van der Waals surface area (Å²) in [5, 5.41) is 4.61. The zero-order valence-electron chi connectivity index (χ0n) is 11.0. The number of benzene rings is 1. The van der Waals surface area contributed by atoms with Gasteiger partial charge in [-0.2, -0.15) is 0 Å². The SMILES string of the molecule is CC1(C2CC2)CN(Cc2ccccc2Cl)CCN1. The molecular weight excluding hydrogens is 244 g/mol. The maximum absolute atomic E-state index is 6.25. The van der Waals surface area contributed by atoms with Crippen LogP contribution in [0.15, 0.2) is 24.3 Å². The monoisotopic (exact) mass is 264 g/mol. The van der Waals surface area contributed by atoms with Gasteiger partial charge in [0.15, 0.2) is 0 Å². The van der Waals surface area contributed by atoms with E-state index in [2.05, 4.69) is 29.3 Å². The Morgan fingerprint density at radius 2 is 2.17 bits per heavy atom. The van der Waals surface area contributed by atoms with Crippen LogP contribution in [-0.2, 0) is 6.54 Å². The first-order chi connectivity index (χ1) is 8.67. The topological polar surface area (TPSA) is 15.3 Å². The van der Waals surface area contributed by atoms with E-state index < -0.39 is 0 Å². The molecule has 0 bridgehead atoms. The molecule has 0 spiro atoms. The lowest BCUT2D eigenvalue weighted by Gasteiger charge is -2.42.